The van der Waals surface area contributed by atoms with Gasteiger partial charge in [0.2, 0.25) is 5.91 Å². The number of nitrogens with one attached hydrogen (secondary N) is 1. The second-order valence-electron chi connectivity index (χ2n) is 12.6. The van der Waals surface area contributed by atoms with Crippen molar-refractivity contribution in [2.75, 3.05) is 26.4 Å². The van der Waals surface area contributed by atoms with Crippen LogP contribution in [0.5, 0.6) is 0 Å². The van der Waals surface area contributed by atoms with Crippen molar-refractivity contribution in [3.63, 3.8) is 0 Å². The fraction of sp³-hybridized carbons (Fsp3) is 0.943. The van der Waals surface area contributed by atoms with E-state index < -0.39 is 26.5 Å². The second kappa shape index (κ2) is 32.9. The minimum absolute atomic E-state index is 0.0870. The molecule has 0 heterocycles. The van der Waals surface area contributed by atoms with Gasteiger partial charge in [0.25, 0.3) is 0 Å². The summed E-state index contributed by atoms with van der Waals surface area (Å²) in [5.41, 5.74) is 0. The summed E-state index contributed by atoms with van der Waals surface area (Å²) < 4.78 is 26.7. The number of phosphoric acid groups is 1. The molecule has 0 fully saturated rings. The summed E-state index contributed by atoms with van der Waals surface area (Å²) in [5, 5.41) is 12.6. The number of aliphatic hydroxyl groups is 1. The number of hydrogen-bond donors (Lipinski definition) is 3. The smallest absolute Gasteiger partial charge is 0.463 e. The molecule has 0 aromatic heterocycles. The lowest BCUT2D eigenvalue weighted by Gasteiger charge is -2.15. The van der Waals surface area contributed by atoms with E-state index >= 15 is 0 Å². The van der Waals surface area contributed by atoms with Crippen molar-refractivity contribution >= 4 is 19.7 Å². The van der Waals surface area contributed by atoms with Crippen LogP contribution >= 0.6 is 7.82 Å². The summed E-state index contributed by atoms with van der Waals surface area (Å²) in [5.74, 6) is -0.512. The van der Waals surface area contributed by atoms with Crippen LogP contribution < -0.4 is 5.32 Å². The van der Waals surface area contributed by atoms with Crippen molar-refractivity contribution in [3.8, 4) is 0 Å². The van der Waals surface area contributed by atoms with E-state index in [0.29, 0.717) is 6.42 Å². The van der Waals surface area contributed by atoms with Gasteiger partial charge in [-0.1, -0.05) is 155 Å². The molecule has 9 nitrogen and oxygen atoms in total. The molecular weight excluding hydrogens is 593 g/mol. The number of amides is 1. The van der Waals surface area contributed by atoms with E-state index in [-0.39, 0.29) is 32.1 Å². The summed E-state index contributed by atoms with van der Waals surface area (Å²) in [4.78, 5) is 33.6. The summed E-state index contributed by atoms with van der Waals surface area (Å²) in [6, 6.07) is 0. The van der Waals surface area contributed by atoms with Crippen LogP contribution in [0.15, 0.2) is 0 Å². The molecule has 0 aromatic rings. The number of phosphoric ester groups is 1. The number of rotatable bonds is 35. The van der Waals surface area contributed by atoms with Gasteiger partial charge in [-0.3, -0.25) is 18.6 Å². The molecule has 0 rings (SSSR count). The highest BCUT2D eigenvalue weighted by atomic mass is 31.2. The Bertz CT molecular complexity index is 724. The molecule has 2 unspecified atom stereocenters. The number of unbranched alkanes of at least 4 members (excludes halogenated alkanes) is 22. The number of carbonyl (C=O) groups excluding carboxylic acids is 2. The Balaban J connectivity index is 3.59. The van der Waals surface area contributed by atoms with E-state index in [1.54, 1.807) is 0 Å². The number of esters is 1. The highest BCUT2D eigenvalue weighted by Gasteiger charge is 2.23. The molecule has 3 N–H and O–H groups in total. The van der Waals surface area contributed by atoms with Crippen molar-refractivity contribution in [3.05, 3.63) is 0 Å². The first-order valence-electron chi connectivity index (χ1n) is 18.5. The first-order chi connectivity index (χ1) is 21.8. The first kappa shape index (κ1) is 44.0. The topological polar surface area (TPSA) is 131 Å². The summed E-state index contributed by atoms with van der Waals surface area (Å²) in [6.07, 6.45) is 28.9. The Hall–Kier alpha value is -0.990. The zero-order valence-electron chi connectivity index (χ0n) is 29.1. The third kappa shape index (κ3) is 34.2. The van der Waals surface area contributed by atoms with E-state index in [2.05, 4.69) is 19.2 Å². The zero-order chi connectivity index (χ0) is 33.3. The van der Waals surface area contributed by atoms with Crippen molar-refractivity contribution in [2.24, 2.45) is 0 Å². The van der Waals surface area contributed by atoms with Crippen LogP contribution in [0, 0.1) is 0 Å². The lowest BCUT2D eigenvalue weighted by Crippen LogP contribution is -2.27. The van der Waals surface area contributed by atoms with E-state index in [1.807, 2.05) is 0 Å². The fourth-order valence-corrected chi connectivity index (χ4v) is 5.96. The Morgan fingerprint density at radius 2 is 1.00 bits per heavy atom. The number of carbonyl (C=O) groups is 2. The zero-order valence-corrected chi connectivity index (χ0v) is 30.0. The molecule has 0 aromatic carbocycles. The average molecular weight is 664 g/mol. The van der Waals surface area contributed by atoms with Gasteiger partial charge in [0.1, 0.15) is 12.7 Å². The van der Waals surface area contributed by atoms with Gasteiger partial charge in [-0.15, -0.1) is 0 Å². The molecule has 0 radical (unpaired) electrons. The van der Waals surface area contributed by atoms with Gasteiger partial charge in [0.05, 0.1) is 13.2 Å². The van der Waals surface area contributed by atoms with Crippen LogP contribution in [0.2, 0.25) is 0 Å². The van der Waals surface area contributed by atoms with Crippen molar-refractivity contribution < 1.29 is 37.9 Å². The average Bonchev–Trinajstić information content (AvgIpc) is 3.02. The predicted molar refractivity (Wildman–Crippen MR) is 183 cm³/mol. The highest BCUT2D eigenvalue weighted by molar-refractivity contribution is 7.47. The van der Waals surface area contributed by atoms with Gasteiger partial charge in [0.15, 0.2) is 0 Å². The van der Waals surface area contributed by atoms with Crippen LogP contribution in [0.4, 0.5) is 0 Å². The molecule has 268 valence electrons. The van der Waals surface area contributed by atoms with Gasteiger partial charge in [-0.25, -0.2) is 4.57 Å². The monoisotopic (exact) mass is 663 g/mol. The maximum absolute atomic E-state index is 12.0. The maximum Gasteiger partial charge on any atom is 0.472 e. The molecule has 1 amide bonds. The molecule has 0 aliphatic rings. The van der Waals surface area contributed by atoms with Gasteiger partial charge in [0, 0.05) is 19.4 Å². The number of aliphatic hydroxyl groups excluding tert-OH is 1. The maximum atomic E-state index is 12.0. The van der Waals surface area contributed by atoms with Crippen molar-refractivity contribution in [1.29, 1.82) is 0 Å². The Morgan fingerprint density at radius 1 is 0.600 bits per heavy atom. The van der Waals surface area contributed by atoms with Gasteiger partial charge >= 0.3 is 13.8 Å². The quantitative estimate of drug-likeness (QED) is 0.0347. The third-order valence-electron chi connectivity index (χ3n) is 8.04. The lowest BCUT2D eigenvalue weighted by atomic mass is 10.0. The van der Waals surface area contributed by atoms with Gasteiger partial charge in [-0.2, -0.15) is 0 Å². The second-order valence-corrected chi connectivity index (χ2v) is 14.0. The number of hydrogen-bond acceptors (Lipinski definition) is 7. The minimum Gasteiger partial charge on any atom is -0.463 e. The van der Waals surface area contributed by atoms with E-state index in [0.717, 1.165) is 38.5 Å². The molecule has 0 saturated heterocycles. The van der Waals surface area contributed by atoms with E-state index in [9.17, 15) is 24.2 Å². The molecule has 45 heavy (non-hydrogen) atoms. The molecular formula is C35H70NO8P. The molecule has 0 bridgehead atoms. The van der Waals surface area contributed by atoms with Crippen LogP contribution in [-0.2, 0) is 27.9 Å². The first-order valence-corrected chi connectivity index (χ1v) is 20.0. The Kier molecular flexibility index (Phi) is 32.2. The molecule has 10 heteroatoms. The van der Waals surface area contributed by atoms with Crippen molar-refractivity contribution in [1.82, 2.24) is 5.32 Å². The molecule has 0 spiro atoms. The minimum atomic E-state index is -4.40. The Labute approximate surface area is 275 Å². The van der Waals surface area contributed by atoms with Crippen LogP contribution in [0.25, 0.3) is 0 Å². The van der Waals surface area contributed by atoms with Gasteiger partial charge < -0.3 is 20.1 Å². The van der Waals surface area contributed by atoms with Crippen molar-refractivity contribution in [2.45, 2.75) is 187 Å². The van der Waals surface area contributed by atoms with Gasteiger partial charge in [-0.05, 0) is 12.8 Å². The largest absolute Gasteiger partial charge is 0.472 e. The summed E-state index contributed by atoms with van der Waals surface area (Å²) >= 11 is 0. The standard InChI is InChI=1S/C35H70NO8P/c1-3-5-7-9-11-13-14-15-16-17-18-20-22-24-26-28-35(39)42-31-33(37)32-44-45(40,41)43-30-29-36-34(38)27-25-23-21-19-12-10-8-6-4-2/h33,37H,3-32H2,1-2H3,(H,36,38)(H,40,41). The molecule has 0 aliphatic carbocycles. The van der Waals surface area contributed by atoms with E-state index in [4.69, 9.17) is 13.8 Å². The molecule has 0 saturated carbocycles. The van der Waals surface area contributed by atoms with Crippen LogP contribution in [-0.4, -0.2) is 54.3 Å². The summed E-state index contributed by atoms with van der Waals surface area (Å²) in [6.45, 7) is 3.54. The highest BCUT2D eigenvalue weighted by Crippen LogP contribution is 2.42. The predicted octanol–water partition coefficient (Wildman–Crippen LogP) is 9.32. The third-order valence-corrected chi connectivity index (χ3v) is 9.02. The Morgan fingerprint density at radius 3 is 1.44 bits per heavy atom. The SMILES string of the molecule is CCCCCCCCCCCCCCCCCC(=O)OCC(O)COP(=O)(O)OCCNC(=O)CCCCCCCCCCC. The number of ether oxygens (including phenoxy) is 1. The van der Waals surface area contributed by atoms with Crippen LogP contribution in [0.1, 0.15) is 181 Å². The lowest BCUT2D eigenvalue weighted by molar-refractivity contribution is -0.147. The molecule has 0 aliphatic heterocycles. The molecule has 2 atom stereocenters. The normalized spacial score (nSPS) is 13.4. The van der Waals surface area contributed by atoms with E-state index in [1.165, 1.54) is 116 Å². The van der Waals surface area contributed by atoms with Crippen LogP contribution in [0.3, 0.4) is 0 Å². The summed E-state index contributed by atoms with van der Waals surface area (Å²) in [7, 11) is -4.40. The fourth-order valence-electron chi connectivity index (χ4n) is 5.20.